The van der Waals surface area contributed by atoms with Crippen molar-refractivity contribution in [1.82, 2.24) is 10.3 Å². The van der Waals surface area contributed by atoms with Crippen LogP contribution >= 0.6 is 11.6 Å². The Kier molecular flexibility index (Phi) is 3.96. The van der Waals surface area contributed by atoms with Gasteiger partial charge in [-0.2, -0.15) is 0 Å². The predicted octanol–water partition coefficient (Wildman–Crippen LogP) is 3.25. The Labute approximate surface area is 105 Å². The first-order valence-corrected chi connectivity index (χ1v) is 5.68. The Hall–Kier alpha value is -1.58. The van der Waals surface area contributed by atoms with Gasteiger partial charge in [0.15, 0.2) is 0 Å². The number of rotatable bonds is 4. The van der Waals surface area contributed by atoms with Crippen LogP contribution in [0.3, 0.4) is 0 Å². The van der Waals surface area contributed by atoms with Crippen LogP contribution in [-0.4, -0.2) is 12.0 Å². The summed E-state index contributed by atoms with van der Waals surface area (Å²) in [6.45, 7) is 0.791. The third-order valence-electron chi connectivity index (χ3n) is 2.22. The zero-order chi connectivity index (χ0) is 12.1. The lowest BCUT2D eigenvalue weighted by atomic mass is 10.2. The van der Waals surface area contributed by atoms with E-state index in [4.69, 9.17) is 16.3 Å². The fourth-order valence-corrected chi connectivity index (χ4v) is 1.57. The SMILES string of the molecule is CNCc1ccnc(Oc2ccc(Cl)cc2)c1. The monoisotopic (exact) mass is 248 g/mol. The lowest BCUT2D eigenvalue weighted by molar-refractivity contribution is 0.462. The molecule has 1 aromatic carbocycles. The summed E-state index contributed by atoms with van der Waals surface area (Å²) in [6.07, 6.45) is 1.73. The lowest BCUT2D eigenvalue weighted by Gasteiger charge is -2.06. The molecule has 0 amide bonds. The number of ether oxygens (including phenoxy) is 1. The zero-order valence-electron chi connectivity index (χ0n) is 9.48. The molecule has 2 aromatic rings. The van der Waals surface area contributed by atoms with Crippen LogP contribution in [0.15, 0.2) is 42.6 Å². The number of benzene rings is 1. The summed E-state index contributed by atoms with van der Waals surface area (Å²) in [6, 6.07) is 11.1. The molecule has 0 fully saturated rings. The van der Waals surface area contributed by atoms with Crippen LogP contribution in [0.1, 0.15) is 5.56 Å². The Bertz CT molecular complexity index is 485. The highest BCUT2D eigenvalue weighted by Gasteiger charge is 2.00. The van der Waals surface area contributed by atoms with Gasteiger partial charge in [0.05, 0.1) is 0 Å². The minimum absolute atomic E-state index is 0.583. The van der Waals surface area contributed by atoms with E-state index in [0.717, 1.165) is 17.9 Å². The average Bonchev–Trinajstić information content (AvgIpc) is 2.33. The van der Waals surface area contributed by atoms with Crippen LogP contribution in [0.5, 0.6) is 11.6 Å². The fourth-order valence-electron chi connectivity index (χ4n) is 1.44. The van der Waals surface area contributed by atoms with Gasteiger partial charge in [-0.05, 0) is 42.9 Å². The lowest BCUT2D eigenvalue weighted by Crippen LogP contribution is -2.05. The van der Waals surface area contributed by atoms with Crippen molar-refractivity contribution >= 4 is 11.6 Å². The zero-order valence-corrected chi connectivity index (χ0v) is 10.2. The molecule has 0 aliphatic carbocycles. The number of hydrogen-bond donors (Lipinski definition) is 1. The first-order valence-electron chi connectivity index (χ1n) is 5.31. The standard InChI is InChI=1S/C13H13ClN2O/c1-15-9-10-6-7-16-13(8-10)17-12-4-2-11(14)3-5-12/h2-8,15H,9H2,1H3. The van der Waals surface area contributed by atoms with E-state index in [1.165, 1.54) is 0 Å². The first-order chi connectivity index (χ1) is 8.28. The van der Waals surface area contributed by atoms with Crippen molar-refractivity contribution in [2.24, 2.45) is 0 Å². The second kappa shape index (κ2) is 5.66. The molecule has 3 nitrogen and oxygen atoms in total. The molecule has 1 aromatic heterocycles. The van der Waals surface area contributed by atoms with Crippen LogP contribution in [-0.2, 0) is 6.54 Å². The molecule has 0 saturated carbocycles. The summed E-state index contributed by atoms with van der Waals surface area (Å²) in [4.78, 5) is 4.16. The number of hydrogen-bond acceptors (Lipinski definition) is 3. The fraction of sp³-hybridized carbons (Fsp3) is 0.154. The van der Waals surface area contributed by atoms with Crippen molar-refractivity contribution in [3.63, 3.8) is 0 Å². The molecule has 1 N–H and O–H groups in total. The molecule has 4 heteroatoms. The van der Waals surface area contributed by atoms with Crippen molar-refractivity contribution in [3.8, 4) is 11.6 Å². The molecule has 88 valence electrons. The minimum Gasteiger partial charge on any atom is -0.439 e. The molecule has 0 unspecified atom stereocenters. The van der Waals surface area contributed by atoms with E-state index in [9.17, 15) is 0 Å². The number of pyridine rings is 1. The highest BCUT2D eigenvalue weighted by Crippen LogP contribution is 2.21. The van der Waals surface area contributed by atoms with Crippen molar-refractivity contribution in [2.45, 2.75) is 6.54 Å². The number of nitrogens with zero attached hydrogens (tertiary/aromatic N) is 1. The second-order valence-electron chi connectivity index (χ2n) is 3.59. The number of halogens is 1. The molecular formula is C13H13ClN2O. The molecule has 17 heavy (non-hydrogen) atoms. The Morgan fingerprint density at radius 2 is 2.00 bits per heavy atom. The van der Waals surface area contributed by atoms with E-state index in [0.29, 0.717) is 10.9 Å². The maximum absolute atomic E-state index is 5.80. The maximum Gasteiger partial charge on any atom is 0.219 e. The topological polar surface area (TPSA) is 34.2 Å². The smallest absolute Gasteiger partial charge is 0.219 e. The Morgan fingerprint density at radius 3 is 2.71 bits per heavy atom. The van der Waals surface area contributed by atoms with E-state index in [1.807, 2.05) is 31.3 Å². The van der Waals surface area contributed by atoms with Gasteiger partial charge in [0.2, 0.25) is 5.88 Å². The average molecular weight is 249 g/mol. The molecule has 0 atom stereocenters. The summed E-state index contributed by atoms with van der Waals surface area (Å²) in [5, 5.41) is 3.77. The van der Waals surface area contributed by atoms with Gasteiger partial charge in [-0.1, -0.05) is 11.6 Å². The number of aromatic nitrogens is 1. The quantitative estimate of drug-likeness (QED) is 0.902. The number of nitrogens with one attached hydrogen (secondary N) is 1. The van der Waals surface area contributed by atoms with E-state index >= 15 is 0 Å². The van der Waals surface area contributed by atoms with Gasteiger partial charge in [0, 0.05) is 23.8 Å². The van der Waals surface area contributed by atoms with Gasteiger partial charge in [-0.25, -0.2) is 4.98 Å². The Morgan fingerprint density at radius 1 is 1.24 bits per heavy atom. The van der Waals surface area contributed by atoms with Gasteiger partial charge < -0.3 is 10.1 Å². The van der Waals surface area contributed by atoms with E-state index < -0.39 is 0 Å². The van der Waals surface area contributed by atoms with E-state index in [1.54, 1.807) is 18.3 Å². The minimum atomic E-state index is 0.583. The predicted molar refractivity (Wildman–Crippen MR) is 68.5 cm³/mol. The van der Waals surface area contributed by atoms with Crippen molar-refractivity contribution < 1.29 is 4.74 Å². The molecular weight excluding hydrogens is 236 g/mol. The first kappa shape index (κ1) is 11.9. The third kappa shape index (κ3) is 3.44. The van der Waals surface area contributed by atoms with Crippen LogP contribution in [0, 0.1) is 0 Å². The third-order valence-corrected chi connectivity index (χ3v) is 2.47. The summed E-state index contributed by atoms with van der Waals surface area (Å²) < 4.78 is 5.62. The molecule has 0 radical (unpaired) electrons. The maximum atomic E-state index is 5.80. The molecule has 0 bridgehead atoms. The van der Waals surface area contributed by atoms with Crippen molar-refractivity contribution in [2.75, 3.05) is 7.05 Å². The van der Waals surface area contributed by atoms with Gasteiger partial charge in [-0.15, -0.1) is 0 Å². The normalized spacial score (nSPS) is 10.2. The van der Waals surface area contributed by atoms with Gasteiger partial charge >= 0.3 is 0 Å². The van der Waals surface area contributed by atoms with Crippen LogP contribution in [0.4, 0.5) is 0 Å². The summed E-state index contributed by atoms with van der Waals surface area (Å²) in [5.74, 6) is 1.31. The van der Waals surface area contributed by atoms with Crippen LogP contribution in [0.25, 0.3) is 0 Å². The second-order valence-corrected chi connectivity index (χ2v) is 4.03. The highest BCUT2D eigenvalue weighted by molar-refractivity contribution is 6.30. The molecule has 0 spiro atoms. The molecule has 1 heterocycles. The largest absolute Gasteiger partial charge is 0.439 e. The van der Waals surface area contributed by atoms with Gasteiger partial charge in [0.1, 0.15) is 5.75 Å². The summed E-state index contributed by atoms with van der Waals surface area (Å²) >= 11 is 5.80. The van der Waals surface area contributed by atoms with Crippen LogP contribution < -0.4 is 10.1 Å². The Balaban J connectivity index is 2.12. The van der Waals surface area contributed by atoms with Crippen molar-refractivity contribution in [1.29, 1.82) is 0 Å². The van der Waals surface area contributed by atoms with Gasteiger partial charge in [-0.3, -0.25) is 0 Å². The molecule has 0 aliphatic rings. The van der Waals surface area contributed by atoms with Crippen molar-refractivity contribution in [3.05, 3.63) is 53.2 Å². The molecule has 0 saturated heterocycles. The van der Waals surface area contributed by atoms with E-state index in [-0.39, 0.29) is 0 Å². The van der Waals surface area contributed by atoms with Gasteiger partial charge in [0.25, 0.3) is 0 Å². The molecule has 0 aliphatic heterocycles. The summed E-state index contributed by atoms with van der Waals surface area (Å²) in [5.41, 5.74) is 1.13. The highest BCUT2D eigenvalue weighted by atomic mass is 35.5. The van der Waals surface area contributed by atoms with Crippen LogP contribution in [0.2, 0.25) is 5.02 Å². The molecule has 2 rings (SSSR count). The van der Waals surface area contributed by atoms with E-state index in [2.05, 4.69) is 10.3 Å². The summed E-state index contributed by atoms with van der Waals surface area (Å²) in [7, 11) is 1.90.